The molecule has 4 unspecified atom stereocenters. The molecule has 0 radical (unpaired) electrons. The predicted molar refractivity (Wildman–Crippen MR) is 113 cm³/mol. The van der Waals surface area contributed by atoms with Gasteiger partial charge in [0.15, 0.2) is 12.0 Å². The topological polar surface area (TPSA) is 38.7 Å². The summed E-state index contributed by atoms with van der Waals surface area (Å²) in [5, 5.41) is 0. The molecule has 27 heavy (non-hydrogen) atoms. The molecular weight excluding hydrogens is 402 g/mol. The highest BCUT2D eigenvalue weighted by molar-refractivity contribution is 9.10. The van der Waals surface area contributed by atoms with Crippen LogP contribution in [0.4, 0.5) is 0 Å². The first-order chi connectivity index (χ1) is 12.6. The van der Waals surface area contributed by atoms with E-state index in [1.165, 1.54) is 17.5 Å². The van der Waals surface area contributed by atoms with Crippen molar-refractivity contribution in [2.24, 2.45) is 28.2 Å². The van der Waals surface area contributed by atoms with Gasteiger partial charge in [0.2, 0.25) is 0 Å². The van der Waals surface area contributed by atoms with Gasteiger partial charge in [-0.15, -0.1) is 0 Å². The van der Waals surface area contributed by atoms with Gasteiger partial charge < -0.3 is 4.74 Å². The van der Waals surface area contributed by atoms with Crippen LogP contribution in [-0.4, -0.2) is 17.7 Å². The van der Waals surface area contributed by atoms with Gasteiger partial charge in [-0.2, -0.15) is 0 Å². The van der Waals surface area contributed by atoms with Crippen molar-refractivity contribution in [1.82, 2.24) is 0 Å². The van der Waals surface area contributed by atoms with E-state index in [-0.39, 0.29) is 23.3 Å². The number of Topliss-reactive ketones (excluding diaryl/α,β-unsaturated/α-hetero) is 1. The Bertz CT molecular complexity index is 841. The van der Waals surface area contributed by atoms with E-state index >= 15 is 0 Å². The van der Waals surface area contributed by atoms with Crippen molar-refractivity contribution in [1.29, 1.82) is 0 Å². The Morgan fingerprint density at radius 2 is 1.96 bits per heavy atom. The third-order valence-electron chi connectivity index (χ3n) is 6.98. The van der Waals surface area contributed by atoms with Crippen LogP contribution in [0.25, 0.3) is 0 Å². The molecule has 0 aromatic heterocycles. The zero-order chi connectivity index (χ0) is 19.7. The smallest absolute Gasteiger partial charge is 0.192 e. The van der Waals surface area contributed by atoms with Crippen LogP contribution in [0.2, 0.25) is 0 Å². The molecule has 0 bridgehead atoms. The number of aliphatic imine (C=N–C) groups is 1. The Balaban J connectivity index is 2.02. The summed E-state index contributed by atoms with van der Waals surface area (Å²) in [6.45, 7) is 13.3. The summed E-state index contributed by atoms with van der Waals surface area (Å²) < 4.78 is 7.31. The standard InChI is InChI=1S/C23H30BrNO2/c1-11(2)14-7-8-23(6)10-16(26)20-17-15(18(14)23)9-13(5)19(24)21(17)27-22(25-20)12(3)4/h9,11-12,14,18,22H,7-8,10H2,1-6H3. The lowest BCUT2D eigenvalue weighted by Gasteiger charge is -2.36. The number of carbonyl (C=O) groups is 1. The van der Waals surface area contributed by atoms with Crippen LogP contribution in [0.3, 0.4) is 0 Å². The molecule has 3 nitrogen and oxygen atoms in total. The van der Waals surface area contributed by atoms with E-state index in [1.807, 2.05) is 0 Å². The maximum Gasteiger partial charge on any atom is 0.192 e. The molecule has 146 valence electrons. The molecule has 0 N–H and O–H groups in total. The number of aryl methyl sites for hydroxylation is 1. The quantitative estimate of drug-likeness (QED) is 0.571. The first-order valence-electron chi connectivity index (χ1n) is 10.2. The lowest BCUT2D eigenvalue weighted by molar-refractivity contribution is -0.115. The molecule has 4 heteroatoms. The second-order valence-corrected chi connectivity index (χ2v) is 10.5. The molecule has 4 atom stereocenters. The van der Waals surface area contributed by atoms with Crippen molar-refractivity contribution in [3.8, 4) is 5.75 Å². The average Bonchev–Trinajstić information content (AvgIpc) is 2.90. The van der Waals surface area contributed by atoms with Crippen LogP contribution in [0.1, 0.15) is 76.5 Å². The second-order valence-electron chi connectivity index (χ2n) is 9.71. The summed E-state index contributed by atoms with van der Waals surface area (Å²) in [6, 6.07) is 2.29. The van der Waals surface area contributed by atoms with E-state index in [0.29, 0.717) is 29.9 Å². The van der Waals surface area contributed by atoms with Crippen LogP contribution in [0.5, 0.6) is 5.75 Å². The average molecular weight is 432 g/mol. The van der Waals surface area contributed by atoms with Crippen molar-refractivity contribution in [2.45, 2.75) is 73.0 Å². The Morgan fingerprint density at radius 3 is 2.59 bits per heavy atom. The van der Waals surface area contributed by atoms with Crippen molar-refractivity contribution < 1.29 is 9.53 Å². The van der Waals surface area contributed by atoms with Crippen molar-refractivity contribution in [3.05, 3.63) is 27.2 Å². The van der Waals surface area contributed by atoms with Crippen LogP contribution in [0, 0.1) is 30.1 Å². The van der Waals surface area contributed by atoms with Crippen LogP contribution in [0.15, 0.2) is 15.5 Å². The maximum absolute atomic E-state index is 13.4. The van der Waals surface area contributed by atoms with Crippen molar-refractivity contribution in [3.63, 3.8) is 0 Å². The van der Waals surface area contributed by atoms with Gasteiger partial charge in [0.1, 0.15) is 11.5 Å². The second kappa shape index (κ2) is 6.43. The SMILES string of the molecule is Cc1cc2c3c(c1Br)OC(C(C)C)N=C3C(=O)CC1(C)CCC(C(C)C)C21. The number of hydrogen-bond acceptors (Lipinski definition) is 3. The number of benzene rings is 1. The van der Waals surface area contributed by atoms with Crippen LogP contribution >= 0.6 is 15.9 Å². The predicted octanol–water partition coefficient (Wildman–Crippen LogP) is 6.05. The molecule has 1 aromatic carbocycles. The summed E-state index contributed by atoms with van der Waals surface area (Å²) in [5.41, 5.74) is 4.10. The van der Waals surface area contributed by atoms with Gasteiger partial charge in [0.05, 0.1) is 10.0 Å². The fraction of sp³-hybridized carbons (Fsp3) is 0.652. The molecule has 1 heterocycles. The molecule has 2 aliphatic carbocycles. The molecule has 1 aromatic rings. The normalized spacial score (nSPS) is 32.1. The van der Waals surface area contributed by atoms with E-state index in [2.05, 4.69) is 63.5 Å². The molecule has 3 aliphatic rings. The number of carbonyl (C=O) groups excluding carboxylic acids is 1. The van der Waals surface area contributed by atoms with Gasteiger partial charge in [0, 0.05) is 12.3 Å². The van der Waals surface area contributed by atoms with Gasteiger partial charge in [-0.3, -0.25) is 4.79 Å². The van der Waals surface area contributed by atoms with Gasteiger partial charge in [0.25, 0.3) is 0 Å². The molecule has 1 aliphatic heterocycles. The summed E-state index contributed by atoms with van der Waals surface area (Å²) >= 11 is 3.74. The minimum atomic E-state index is -0.297. The number of rotatable bonds is 2. The maximum atomic E-state index is 13.4. The number of ether oxygens (including phenoxy) is 1. The fourth-order valence-corrected chi connectivity index (χ4v) is 5.94. The Kier molecular flexibility index (Phi) is 4.57. The third kappa shape index (κ3) is 2.82. The monoisotopic (exact) mass is 431 g/mol. The highest BCUT2D eigenvalue weighted by atomic mass is 79.9. The third-order valence-corrected chi connectivity index (χ3v) is 7.97. The highest BCUT2D eigenvalue weighted by Gasteiger charge is 2.52. The molecule has 0 saturated heterocycles. The van der Waals surface area contributed by atoms with Crippen LogP contribution in [-0.2, 0) is 4.79 Å². The summed E-state index contributed by atoms with van der Waals surface area (Å²) in [5.74, 6) is 2.81. The molecule has 4 rings (SSSR count). The van der Waals surface area contributed by atoms with E-state index in [4.69, 9.17) is 9.73 Å². The number of hydrogen-bond donors (Lipinski definition) is 0. The fourth-order valence-electron chi connectivity index (χ4n) is 5.53. The molecular formula is C23H30BrNO2. The van der Waals surface area contributed by atoms with Gasteiger partial charge >= 0.3 is 0 Å². The van der Waals surface area contributed by atoms with Crippen molar-refractivity contribution >= 4 is 27.4 Å². The Morgan fingerprint density at radius 1 is 1.26 bits per heavy atom. The Hall–Kier alpha value is -1.16. The zero-order valence-electron chi connectivity index (χ0n) is 17.2. The van der Waals surface area contributed by atoms with Crippen LogP contribution < -0.4 is 4.74 Å². The van der Waals surface area contributed by atoms with Crippen molar-refractivity contribution in [2.75, 3.05) is 0 Å². The van der Waals surface area contributed by atoms with Gasteiger partial charge in [-0.25, -0.2) is 4.99 Å². The van der Waals surface area contributed by atoms with Gasteiger partial charge in [-0.05, 0) is 70.0 Å². The van der Waals surface area contributed by atoms with E-state index in [1.54, 1.807) is 0 Å². The number of ketones is 1. The lowest BCUT2D eigenvalue weighted by Crippen LogP contribution is -2.32. The first-order valence-corrected chi connectivity index (χ1v) is 11.0. The lowest BCUT2D eigenvalue weighted by atomic mass is 9.69. The minimum Gasteiger partial charge on any atom is -0.467 e. The van der Waals surface area contributed by atoms with E-state index in [9.17, 15) is 4.79 Å². The first kappa shape index (κ1) is 19.2. The van der Waals surface area contributed by atoms with E-state index < -0.39 is 0 Å². The number of halogens is 1. The molecule has 1 saturated carbocycles. The number of nitrogens with zero attached hydrogens (tertiary/aromatic N) is 1. The zero-order valence-corrected chi connectivity index (χ0v) is 18.8. The minimum absolute atomic E-state index is 0.00719. The number of fused-ring (bicyclic) bond motifs is 2. The largest absolute Gasteiger partial charge is 0.467 e. The molecule has 1 fully saturated rings. The summed E-state index contributed by atoms with van der Waals surface area (Å²) in [4.78, 5) is 18.2. The summed E-state index contributed by atoms with van der Waals surface area (Å²) in [7, 11) is 0. The summed E-state index contributed by atoms with van der Waals surface area (Å²) in [6.07, 6.45) is 2.60. The van der Waals surface area contributed by atoms with E-state index in [0.717, 1.165) is 22.2 Å². The Labute approximate surface area is 171 Å². The molecule has 0 spiro atoms. The highest BCUT2D eigenvalue weighted by Crippen LogP contribution is 2.60. The molecule has 0 amide bonds. The van der Waals surface area contributed by atoms with Gasteiger partial charge in [-0.1, -0.05) is 40.7 Å².